The summed E-state index contributed by atoms with van der Waals surface area (Å²) in [6.45, 7) is 12.5. The summed E-state index contributed by atoms with van der Waals surface area (Å²) in [5.74, 6) is 2.45. The van der Waals surface area contributed by atoms with Crippen LogP contribution in [-0.2, 0) is 4.52 Å². The predicted molar refractivity (Wildman–Crippen MR) is 126 cm³/mol. The Kier molecular flexibility index (Phi) is 7.39. The van der Waals surface area contributed by atoms with E-state index in [1.54, 1.807) is 0 Å². The second kappa shape index (κ2) is 10.00. The Morgan fingerprint density at radius 3 is 1.80 bits per heavy atom. The van der Waals surface area contributed by atoms with Gasteiger partial charge in [0.25, 0.3) is 0 Å². The summed E-state index contributed by atoms with van der Waals surface area (Å²) in [5, 5.41) is 0. The van der Waals surface area contributed by atoms with E-state index in [0.717, 1.165) is 41.2 Å². The lowest BCUT2D eigenvalue weighted by Gasteiger charge is -2.22. The molecule has 0 unspecified atom stereocenters. The summed E-state index contributed by atoms with van der Waals surface area (Å²) in [6.07, 6.45) is 8.10. The highest BCUT2D eigenvalue weighted by Gasteiger charge is 2.23. The molecule has 0 bridgehead atoms. The van der Waals surface area contributed by atoms with E-state index in [9.17, 15) is 0 Å². The van der Waals surface area contributed by atoms with Crippen molar-refractivity contribution in [1.29, 1.82) is 0 Å². The van der Waals surface area contributed by atoms with Crippen molar-refractivity contribution < 1.29 is 13.6 Å². The molecule has 0 N–H and O–H groups in total. The van der Waals surface area contributed by atoms with Crippen LogP contribution in [0.15, 0.2) is 71.5 Å². The van der Waals surface area contributed by atoms with Crippen molar-refractivity contribution in [3.63, 3.8) is 0 Å². The number of aryl methyl sites for hydroxylation is 4. The third-order valence-electron chi connectivity index (χ3n) is 4.91. The van der Waals surface area contributed by atoms with E-state index < -0.39 is 8.60 Å². The fourth-order valence-electron chi connectivity index (χ4n) is 3.41. The standard InChI is InChI=1S/C26H31O3P/c1-18-8-7-9-24(17-21(4)14-18)27-30(28-25-12-10-19(2)15-22(25)5)29-26-13-11-20(3)16-23(26)6/h8-16H,7,17H2,1-6H3/b18-8-,21-14-,24-9+. The van der Waals surface area contributed by atoms with Gasteiger partial charge in [-0.3, -0.25) is 0 Å². The molecule has 2 aromatic carbocycles. The molecule has 2 aromatic rings. The Morgan fingerprint density at radius 1 is 0.700 bits per heavy atom. The van der Waals surface area contributed by atoms with Crippen molar-refractivity contribution in [3.05, 3.63) is 93.8 Å². The SMILES string of the molecule is CC1=C/C/C=C(/OP(Oc2ccc(C)cc2C)Oc2ccc(C)cc2C)C/C(C)=C\1. The van der Waals surface area contributed by atoms with Crippen LogP contribution in [0.2, 0.25) is 0 Å². The monoisotopic (exact) mass is 422 g/mol. The van der Waals surface area contributed by atoms with Gasteiger partial charge in [0, 0.05) is 6.42 Å². The summed E-state index contributed by atoms with van der Waals surface area (Å²) < 4.78 is 18.9. The van der Waals surface area contributed by atoms with E-state index in [0.29, 0.717) is 0 Å². The van der Waals surface area contributed by atoms with Crippen LogP contribution >= 0.6 is 8.60 Å². The summed E-state index contributed by atoms with van der Waals surface area (Å²) in [5.41, 5.74) is 7.07. The van der Waals surface area contributed by atoms with E-state index in [4.69, 9.17) is 13.6 Å². The van der Waals surface area contributed by atoms with E-state index in [2.05, 4.69) is 58.1 Å². The van der Waals surface area contributed by atoms with Crippen LogP contribution in [0.5, 0.6) is 11.5 Å². The van der Waals surface area contributed by atoms with Crippen LogP contribution in [0.3, 0.4) is 0 Å². The predicted octanol–water partition coefficient (Wildman–Crippen LogP) is 8.19. The zero-order chi connectivity index (χ0) is 21.7. The fraction of sp³-hybridized carbons (Fsp3) is 0.308. The average molecular weight is 423 g/mol. The number of rotatable bonds is 6. The molecule has 0 saturated heterocycles. The third kappa shape index (κ3) is 6.24. The van der Waals surface area contributed by atoms with Gasteiger partial charge in [0.2, 0.25) is 0 Å². The molecule has 158 valence electrons. The molecule has 3 rings (SSSR count). The lowest BCUT2D eigenvalue weighted by Crippen LogP contribution is -2.03. The molecule has 1 aliphatic carbocycles. The Morgan fingerprint density at radius 2 is 1.27 bits per heavy atom. The van der Waals surface area contributed by atoms with Crippen molar-refractivity contribution in [1.82, 2.24) is 0 Å². The topological polar surface area (TPSA) is 27.7 Å². The van der Waals surface area contributed by atoms with Gasteiger partial charge in [-0.05, 0) is 77.3 Å². The Balaban J connectivity index is 1.86. The van der Waals surface area contributed by atoms with Gasteiger partial charge in [-0.15, -0.1) is 0 Å². The van der Waals surface area contributed by atoms with Gasteiger partial charge in [0.1, 0.15) is 17.3 Å². The zero-order valence-corrected chi connectivity index (χ0v) is 19.7. The largest absolute Gasteiger partial charge is 0.529 e. The van der Waals surface area contributed by atoms with Crippen LogP contribution in [0.1, 0.15) is 48.9 Å². The van der Waals surface area contributed by atoms with E-state index in [1.165, 1.54) is 22.3 Å². The maximum absolute atomic E-state index is 6.32. The highest BCUT2D eigenvalue weighted by molar-refractivity contribution is 7.42. The molecule has 0 aliphatic heterocycles. The average Bonchev–Trinajstić information content (AvgIpc) is 2.64. The van der Waals surface area contributed by atoms with Crippen LogP contribution < -0.4 is 9.05 Å². The molecule has 0 amide bonds. The maximum Gasteiger partial charge on any atom is 0.529 e. The van der Waals surface area contributed by atoms with Gasteiger partial charge in [-0.25, -0.2) is 0 Å². The molecule has 0 radical (unpaired) electrons. The summed E-state index contributed by atoms with van der Waals surface area (Å²) in [4.78, 5) is 0. The summed E-state index contributed by atoms with van der Waals surface area (Å²) in [7, 11) is -1.65. The van der Waals surface area contributed by atoms with Crippen molar-refractivity contribution >= 4 is 8.60 Å². The third-order valence-corrected chi connectivity index (χ3v) is 5.99. The molecule has 0 spiro atoms. The second-order valence-corrected chi connectivity index (χ2v) is 9.05. The first-order valence-electron chi connectivity index (χ1n) is 10.3. The summed E-state index contributed by atoms with van der Waals surface area (Å²) in [6, 6.07) is 12.3. The minimum absolute atomic E-state index is 0.747. The quantitative estimate of drug-likeness (QED) is 0.439. The molecule has 0 saturated carbocycles. The highest BCUT2D eigenvalue weighted by Crippen LogP contribution is 2.46. The van der Waals surface area contributed by atoms with E-state index >= 15 is 0 Å². The normalized spacial score (nSPS) is 19.5. The molecular weight excluding hydrogens is 391 g/mol. The van der Waals surface area contributed by atoms with Crippen LogP contribution in [0.4, 0.5) is 0 Å². The number of benzene rings is 2. The van der Waals surface area contributed by atoms with E-state index in [1.807, 2.05) is 38.1 Å². The number of hydrogen-bond acceptors (Lipinski definition) is 3. The van der Waals surface area contributed by atoms with Crippen molar-refractivity contribution in [3.8, 4) is 11.5 Å². The fourth-order valence-corrected chi connectivity index (χ4v) is 4.58. The zero-order valence-electron chi connectivity index (χ0n) is 18.8. The first kappa shape index (κ1) is 22.2. The van der Waals surface area contributed by atoms with Gasteiger partial charge in [0.05, 0.1) is 0 Å². The van der Waals surface area contributed by atoms with Crippen LogP contribution in [0.25, 0.3) is 0 Å². The summed E-state index contributed by atoms with van der Waals surface area (Å²) >= 11 is 0. The minimum Gasteiger partial charge on any atom is -0.413 e. The molecule has 0 atom stereocenters. The molecule has 0 fully saturated rings. The lowest BCUT2D eigenvalue weighted by molar-refractivity contribution is 0.323. The first-order chi connectivity index (χ1) is 14.3. The molecule has 0 heterocycles. The maximum atomic E-state index is 6.32. The smallest absolute Gasteiger partial charge is 0.413 e. The number of allylic oxidation sites excluding steroid dienone is 5. The van der Waals surface area contributed by atoms with E-state index in [-0.39, 0.29) is 0 Å². The van der Waals surface area contributed by atoms with Crippen molar-refractivity contribution in [2.45, 2.75) is 54.4 Å². The van der Waals surface area contributed by atoms with Gasteiger partial charge >= 0.3 is 8.60 Å². The molecule has 4 heteroatoms. The first-order valence-corrected chi connectivity index (χ1v) is 11.4. The van der Waals surface area contributed by atoms with Gasteiger partial charge in [0.15, 0.2) is 0 Å². The van der Waals surface area contributed by atoms with Gasteiger partial charge < -0.3 is 13.6 Å². The van der Waals surface area contributed by atoms with Gasteiger partial charge in [-0.2, -0.15) is 0 Å². The number of hydrogen-bond donors (Lipinski definition) is 0. The molecule has 0 aromatic heterocycles. The molecule has 1 aliphatic rings. The minimum atomic E-state index is -1.65. The molecule has 30 heavy (non-hydrogen) atoms. The van der Waals surface area contributed by atoms with Gasteiger partial charge in [-0.1, -0.05) is 58.7 Å². The highest BCUT2D eigenvalue weighted by atomic mass is 31.2. The molecule has 3 nitrogen and oxygen atoms in total. The van der Waals surface area contributed by atoms with Crippen LogP contribution in [0, 0.1) is 27.7 Å². The van der Waals surface area contributed by atoms with Crippen molar-refractivity contribution in [2.24, 2.45) is 0 Å². The Labute approximate surface area is 182 Å². The second-order valence-electron chi connectivity index (χ2n) is 8.06. The Bertz CT molecular complexity index is 948. The molecular formula is C26H31O3P. The Hall–Kier alpha value is -2.51. The van der Waals surface area contributed by atoms with Crippen LogP contribution in [-0.4, -0.2) is 0 Å². The lowest BCUT2D eigenvalue weighted by atomic mass is 10.1. The van der Waals surface area contributed by atoms with Crippen molar-refractivity contribution in [2.75, 3.05) is 0 Å².